The topological polar surface area (TPSA) is 40.5 Å². The standard InChI is InChI=1S/C6H12O2/c7-5-3-1-2-4-6-8/h1,3,7-8H,2,4-6H2/b3-1-. The summed E-state index contributed by atoms with van der Waals surface area (Å²) in [6.07, 6.45) is 5.18. The Balaban J connectivity index is 2.80. The van der Waals surface area contributed by atoms with Crippen LogP contribution >= 0.6 is 0 Å². The highest BCUT2D eigenvalue weighted by atomic mass is 16.3. The Bertz CT molecular complexity index is 59.5. The summed E-state index contributed by atoms with van der Waals surface area (Å²) in [6, 6.07) is 0. The molecule has 0 aliphatic heterocycles. The van der Waals surface area contributed by atoms with Crippen molar-refractivity contribution in [2.45, 2.75) is 12.8 Å². The number of hydrogen-bond acceptors (Lipinski definition) is 2. The van der Waals surface area contributed by atoms with Crippen molar-refractivity contribution in [2.24, 2.45) is 0 Å². The minimum atomic E-state index is 0.103. The Morgan fingerprint density at radius 1 is 1.12 bits per heavy atom. The average molecular weight is 116 g/mol. The number of rotatable bonds is 4. The molecule has 0 atom stereocenters. The summed E-state index contributed by atoms with van der Waals surface area (Å²) in [4.78, 5) is 0. The van der Waals surface area contributed by atoms with Crippen LogP contribution in [0.5, 0.6) is 0 Å². The van der Waals surface area contributed by atoms with E-state index in [0.29, 0.717) is 0 Å². The molecule has 0 amide bonds. The van der Waals surface area contributed by atoms with Crippen LogP contribution in [-0.4, -0.2) is 23.4 Å². The van der Waals surface area contributed by atoms with Crippen molar-refractivity contribution in [2.75, 3.05) is 13.2 Å². The lowest BCUT2D eigenvalue weighted by molar-refractivity contribution is 0.289. The maximum Gasteiger partial charge on any atom is 0.0612 e. The van der Waals surface area contributed by atoms with Crippen molar-refractivity contribution >= 4 is 0 Å². The molecule has 0 radical (unpaired) electrons. The smallest absolute Gasteiger partial charge is 0.0612 e. The van der Waals surface area contributed by atoms with Gasteiger partial charge in [-0.25, -0.2) is 0 Å². The lowest BCUT2D eigenvalue weighted by Crippen LogP contribution is -1.79. The lowest BCUT2D eigenvalue weighted by Gasteiger charge is -1.85. The van der Waals surface area contributed by atoms with E-state index in [-0.39, 0.29) is 13.2 Å². The summed E-state index contributed by atoms with van der Waals surface area (Å²) in [7, 11) is 0. The minimum Gasteiger partial charge on any atom is -0.396 e. The normalized spacial score (nSPS) is 10.8. The molecule has 0 aliphatic rings. The van der Waals surface area contributed by atoms with E-state index in [1.165, 1.54) is 0 Å². The van der Waals surface area contributed by atoms with E-state index < -0.39 is 0 Å². The van der Waals surface area contributed by atoms with Gasteiger partial charge in [-0.15, -0.1) is 0 Å². The largest absolute Gasteiger partial charge is 0.396 e. The van der Waals surface area contributed by atoms with Crippen LogP contribution in [-0.2, 0) is 0 Å². The first kappa shape index (κ1) is 7.66. The Labute approximate surface area is 49.5 Å². The Morgan fingerprint density at radius 3 is 2.38 bits per heavy atom. The molecule has 0 spiro atoms. The van der Waals surface area contributed by atoms with E-state index in [2.05, 4.69) is 0 Å². The molecule has 8 heavy (non-hydrogen) atoms. The molecule has 0 aliphatic carbocycles. The van der Waals surface area contributed by atoms with Crippen molar-refractivity contribution in [1.29, 1.82) is 0 Å². The van der Waals surface area contributed by atoms with E-state index in [1.807, 2.05) is 6.08 Å². The predicted octanol–water partition coefficient (Wildman–Crippen LogP) is 0.307. The lowest BCUT2D eigenvalue weighted by atomic mass is 10.3. The number of allylic oxidation sites excluding steroid dienone is 1. The molecule has 0 rings (SSSR count). The number of unbranched alkanes of at least 4 members (excludes halogenated alkanes) is 1. The van der Waals surface area contributed by atoms with Crippen LogP contribution < -0.4 is 0 Å². The molecule has 0 heterocycles. The summed E-state index contributed by atoms with van der Waals surface area (Å²) in [5.41, 5.74) is 0. The zero-order chi connectivity index (χ0) is 6.24. The molecule has 2 nitrogen and oxygen atoms in total. The maximum absolute atomic E-state index is 8.27. The number of aliphatic hydroxyl groups is 2. The molecule has 0 aromatic carbocycles. The summed E-state index contributed by atoms with van der Waals surface area (Å²) in [5.74, 6) is 0. The van der Waals surface area contributed by atoms with Gasteiger partial charge in [0, 0.05) is 6.61 Å². The predicted molar refractivity (Wildman–Crippen MR) is 32.5 cm³/mol. The van der Waals surface area contributed by atoms with E-state index >= 15 is 0 Å². The van der Waals surface area contributed by atoms with Gasteiger partial charge < -0.3 is 10.2 Å². The fourth-order valence-corrected chi connectivity index (χ4v) is 0.402. The zero-order valence-corrected chi connectivity index (χ0v) is 4.88. The van der Waals surface area contributed by atoms with Crippen LogP contribution in [0.2, 0.25) is 0 Å². The highest BCUT2D eigenvalue weighted by Crippen LogP contribution is 1.87. The molecule has 0 saturated heterocycles. The van der Waals surface area contributed by atoms with Crippen molar-refractivity contribution in [3.8, 4) is 0 Å². The molecular formula is C6H12O2. The van der Waals surface area contributed by atoms with Gasteiger partial charge in [0.05, 0.1) is 6.61 Å². The monoisotopic (exact) mass is 116 g/mol. The Kier molecular flexibility index (Phi) is 6.38. The Morgan fingerprint density at radius 2 is 1.88 bits per heavy atom. The van der Waals surface area contributed by atoms with Crippen LogP contribution in [0.25, 0.3) is 0 Å². The second-order valence-electron chi connectivity index (χ2n) is 1.52. The quantitative estimate of drug-likeness (QED) is 0.410. The van der Waals surface area contributed by atoms with Crippen molar-refractivity contribution < 1.29 is 10.2 Å². The van der Waals surface area contributed by atoms with Gasteiger partial charge >= 0.3 is 0 Å². The summed E-state index contributed by atoms with van der Waals surface area (Å²) < 4.78 is 0. The summed E-state index contributed by atoms with van der Waals surface area (Å²) in [5, 5.41) is 16.5. The molecule has 0 saturated carbocycles. The molecule has 48 valence electrons. The Hall–Kier alpha value is -0.340. The maximum atomic E-state index is 8.27. The molecular weight excluding hydrogens is 104 g/mol. The molecule has 2 N–H and O–H groups in total. The van der Waals surface area contributed by atoms with E-state index in [0.717, 1.165) is 12.8 Å². The molecule has 0 bridgehead atoms. The number of aliphatic hydroxyl groups excluding tert-OH is 2. The van der Waals surface area contributed by atoms with Crippen LogP contribution in [0, 0.1) is 0 Å². The van der Waals surface area contributed by atoms with E-state index in [1.54, 1.807) is 6.08 Å². The van der Waals surface area contributed by atoms with Crippen LogP contribution in [0.4, 0.5) is 0 Å². The van der Waals surface area contributed by atoms with Gasteiger partial charge in [-0.2, -0.15) is 0 Å². The second-order valence-corrected chi connectivity index (χ2v) is 1.52. The first-order valence-corrected chi connectivity index (χ1v) is 2.78. The third-order valence-electron chi connectivity index (χ3n) is 0.801. The molecule has 0 aromatic heterocycles. The molecule has 0 fully saturated rings. The third kappa shape index (κ3) is 5.66. The van der Waals surface area contributed by atoms with Gasteiger partial charge in [0.15, 0.2) is 0 Å². The highest BCUT2D eigenvalue weighted by molar-refractivity contribution is 4.79. The average Bonchev–Trinajstić information content (AvgIpc) is 1.81. The van der Waals surface area contributed by atoms with Gasteiger partial charge in [0.25, 0.3) is 0 Å². The van der Waals surface area contributed by atoms with E-state index in [4.69, 9.17) is 10.2 Å². The van der Waals surface area contributed by atoms with Gasteiger partial charge in [-0.1, -0.05) is 12.2 Å². The SMILES string of the molecule is OC/C=C\CCCO. The fraction of sp³-hybridized carbons (Fsp3) is 0.667. The summed E-state index contributed by atoms with van der Waals surface area (Å²) >= 11 is 0. The molecule has 2 heteroatoms. The highest BCUT2D eigenvalue weighted by Gasteiger charge is 1.75. The van der Waals surface area contributed by atoms with E-state index in [9.17, 15) is 0 Å². The fourth-order valence-electron chi connectivity index (χ4n) is 0.402. The number of hydrogen-bond donors (Lipinski definition) is 2. The third-order valence-corrected chi connectivity index (χ3v) is 0.801. The van der Waals surface area contributed by atoms with Crippen LogP contribution in [0.1, 0.15) is 12.8 Å². The van der Waals surface area contributed by atoms with Crippen molar-refractivity contribution in [3.05, 3.63) is 12.2 Å². The van der Waals surface area contributed by atoms with Crippen LogP contribution in [0.3, 0.4) is 0 Å². The second kappa shape index (κ2) is 6.66. The van der Waals surface area contributed by atoms with Crippen molar-refractivity contribution in [1.82, 2.24) is 0 Å². The molecule has 0 unspecified atom stereocenters. The van der Waals surface area contributed by atoms with Gasteiger partial charge in [0.2, 0.25) is 0 Å². The zero-order valence-electron chi connectivity index (χ0n) is 4.88. The minimum absolute atomic E-state index is 0.103. The summed E-state index contributed by atoms with van der Waals surface area (Å²) in [6.45, 7) is 0.335. The first-order valence-electron chi connectivity index (χ1n) is 2.78. The first-order chi connectivity index (χ1) is 3.91. The van der Waals surface area contributed by atoms with Crippen molar-refractivity contribution in [3.63, 3.8) is 0 Å². The van der Waals surface area contributed by atoms with Crippen LogP contribution in [0.15, 0.2) is 12.2 Å². The van der Waals surface area contributed by atoms with Gasteiger partial charge in [-0.3, -0.25) is 0 Å². The van der Waals surface area contributed by atoms with Gasteiger partial charge in [0.1, 0.15) is 0 Å². The van der Waals surface area contributed by atoms with Gasteiger partial charge in [-0.05, 0) is 12.8 Å². The molecule has 0 aromatic rings.